The van der Waals surface area contributed by atoms with Crippen molar-refractivity contribution in [1.29, 1.82) is 0 Å². The molecule has 1 aliphatic rings. The van der Waals surface area contributed by atoms with Crippen LogP contribution in [0.2, 0.25) is 0 Å². The van der Waals surface area contributed by atoms with Gasteiger partial charge >= 0.3 is 35.4 Å². The zero-order valence-corrected chi connectivity index (χ0v) is 42.0. The van der Waals surface area contributed by atoms with E-state index in [2.05, 4.69) is 16.0 Å². The zero-order valence-electron chi connectivity index (χ0n) is 39.3. The van der Waals surface area contributed by atoms with Crippen molar-refractivity contribution in [3.63, 3.8) is 0 Å². The molecule has 0 saturated heterocycles. The average molecular weight is 1010 g/mol. The quantitative estimate of drug-likeness (QED) is 0.0163. The van der Waals surface area contributed by atoms with Crippen LogP contribution in [0.15, 0.2) is 0 Å². The third kappa shape index (κ3) is 31.9. The Hall–Kier alpha value is -1.18. The van der Waals surface area contributed by atoms with Gasteiger partial charge in [0.05, 0.1) is 19.6 Å². The number of phosphoric ester groups is 3. The molecule has 23 heteroatoms. The first-order chi connectivity index (χ1) is 31.2. The molecule has 0 spiro atoms. The summed E-state index contributed by atoms with van der Waals surface area (Å²) >= 11 is 0. The van der Waals surface area contributed by atoms with Crippen molar-refractivity contribution in [2.75, 3.05) is 13.2 Å². The van der Waals surface area contributed by atoms with Gasteiger partial charge in [0.15, 0.2) is 0 Å². The molecule has 1 saturated carbocycles. The van der Waals surface area contributed by atoms with Gasteiger partial charge in [-0.3, -0.25) is 32.5 Å². The predicted molar refractivity (Wildman–Crippen MR) is 244 cm³/mol. The molecule has 0 radical (unpaired) electrons. The Bertz CT molecular complexity index is 1460. The molecule has 0 aromatic rings. The van der Waals surface area contributed by atoms with Crippen LogP contribution in [0.25, 0.3) is 0 Å². The number of hydrogen-bond donors (Lipinski definition) is 8. The monoisotopic (exact) mass is 1010 g/mol. The number of rotatable bonds is 42. The second kappa shape index (κ2) is 35.8. The molecule has 1 rings (SSSR count). The molecule has 1 aliphatic carbocycles. The van der Waals surface area contributed by atoms with Crippen LogP contribution in [-0.4, -0.2) is 113 Å². The molecular formula is C43H83O20P3. The number of aliphatic hydroxyl groups is 3. The Labute approximate surface area is 391 Å². The summed E-state index contributed by atoms with van der Waals surface area (Å²) in [5, 5.41) is 31.9. The molecule has 0 aromatic heterocycles. The Balaban J connectivity index is 2.71. The van der Waals surface area contributed by atoms with Crippen LogP contribution in [0.3, 0.4) is 0 Å². The fraction of sp³-hybridized carbons (Fsp3) is 0.930. The molecule has 8 N–H and O–H groups in total. The lowest BCUT2D eigenvalue weighted by Crippen LogP contribution is -2.65. The lowest BCUT2D eigenvalue weighted by Gasteiger charge is -2.44. The third-order valence-corrected chi connectivity index (χ3v) is 13.3. The van der Waals surface area contributed by atoms with Gasteiger partial charge in [-0.25, -0.2) is 13.7 Å². The summed E-state index contributed by atoms with van der Waals surface area (Å²) in [6.45, 7) is 3.34. The van der Waals surface area contributed by atoms with E-state index in [4.69, 9.17) is 18.5 Å². The molecule has 390 valence electrons. The molecule has 66 heavy (non-hydrogen) atoms. The highest BCUT2D eigenvalue weighted by Crippen LogP contribution is 2.51. The number of ketones is 1. The van der Waals surface area contributed by atoms with E-state index in [1.54, 1.807) is 0 Å². The van der Waals surface area contributed by atoms with Crippen molar-refractivity contribution in [3.8, 4) is 0 Å². The molecule has 0 heterocycles. The second-order valence-corrected chi connectivity index (χ2v) is 21.2. The first-order valence-corrected chi connectivity index (χ1v) is 28.8. The van der Waals surface area contributed by atoms with Crippen LogP contribution in [0.1, 0.15) is 200 Å². The summed E-state index contributed by atoms with van der Waals surface area (Å²) in [6, 6.07) is 0. The SMILES string of the molecule is CCCCCCCCCCCCCCCC(=O)O[C@@H](COP(=O)(O)OC1C(O)[C@H](OP(=O)(O)O)C(OP(=O)(O)O)[C@H](O)[C@@H]1O)CC(=O)OCCCCCCCCCCCCCC(=O)CCC. The van der Waals surface area contributed by atoms with E-state index in [0.717, 1.165) is 103 Å². The molecule has 1 fully saturated rings. The van der Waals surface area contributed by atoms with Crippen LogP contribution in [0, 0.1) is 0 Å². The number of carbonyl (C=O) groups excluding carboxylic acids is 3. The number of phosphoric acid groups is 3. The summed E-state index contributed by atoms with van der Waals surface area (Å²) in [4.78, 5) is 85.0. The molecule has 0 aromatic carbocycles. The minimum absolute atomic E-state index is 0.0188. The Morgan fingerprint density at radius 3 is 1.33 bits per heavy atom. The Morgan fingerprint density at radius 2 is 0.879 bits per heavy atom. The molecular weight excluding hydrogens is 929 g/mol. The highest BCUT2D eigenvalue weighted by Gasteiger charge is 2.56. The summed E-state index contributed by atoms with van der Waals surface area (Å²) < 4.78 is 65.4. The van der Waals surface area contributed by atoms with Crippen molar-refractivity contribution in [1.82, 2.24) is 0 Å². The summed E-state index contributed by atoms with van der Waals surface area (Å²) in [6.07, 6.45) is 10.4. The summed E-state index contributed by atoms with van der Waals surface area (Å²) in [5.74, 6) is -1.17. The van der Waals surface area contributed by atoms with Crippen LogP contribution in [-0.2, 0) is 55.6 Å². The zero-order chi connectivity index (χ0) is 49.4. The van der Waals surface area contributed by atoms with E-state index >= 15 is 0 Å². The Kier molecular flexibility index (Phi) is 34.1. The van der Waals surface area contributed by atoms with Crippen LogP contribution in [0.5, 0.6) is 0 Å². The van der Waals surface area contributed by atoms with Crippen molar-refractivity contribution in [2.45, 2.75) is 243 Å². The van der Waals surface area contributed by atoms with Gasteiger partial charge in [0.25, 0.3) is 0 Å². The fourth-order valence-electron chi connectivity index (χ4n) is 7.73. The first kappa shape index (κ1) is 62.8. The summed E-state index contributed by atoms with van der Waals surface area (Å²) in [5.41, 5.74) is 0. The van der Waals surface area contributed by atoms with Gasteiger partial charge in [0.2, 0.25) is 0 Å². The summed E-state index contributed by atoms with van der Waals surface area (Å²) in [7, 11) is -16.6. The van der Waals surface area contributed by atoms with Gasteiger partial charge in [0, 0.05) is 19.3 Å². The van der Waals surface area contributed by atoms with Gasteiger partial charge in [-0.2, -0.15) is 0 Å². The van der Waals surface area contributed by atoms with Gasteiger partial charge < -0.3 is 49.3 Å². The third-order valence-electron chi connectivity index (χ3n) is 11.3. The smallest absolute Gasteiger partial charge is 0.466 e. The Morgan fingerprint density at radius 1 is 0.470 bits per heavy atom. The van der Waals surface area contributed by atoms with E-state index in [0.29, 0.717) is 31.5 Å². The van der Waals surface area contributed by atoms with Crippen LogP contribution in [0.4, 0.5) is 0 Å². The van der Waals surface area contributed by atoms with E-state index in [9.17, 15) is 67.9 Å². The maximum Gasteiger partial charge on any atom is 0.472 e. The lowest BCUT2D eigenvalue weighted by atomic mass is 9.85. The predicted octanol–water partition coefficient (Wildman–Crippen LogP) is 7.92. The molecule has 4 unspecified atom stereocenters. The molecule has 0 amide bonds. The maximum absolute atomic E-state index is 13.1. The van der Waals surface area contributed by atoms with Crippen LogP contribution >= 0.6 is 23.5 Å². The molecule has 0 aliphatic heterocycles. The highest BCUT2D eigenvalue weighted by molar-refractivity contribution is 7.47. The first-order valence-electron chi connectivity index (χ1n) is 24.2. The van der Waals surface area contributed by atoms with Crippen molar-refractivity contribution in [3.05, 3.63) is 0 Å². The minimum Gasteiger partial charge on any atom is -0.466 e. The second-order valence-electron chi connectivity index (χ2n) is 17.4. The fourth-order valence-corrected chi connectivity index (χ4v) is 9.83. The number of ether oxygens (including phenoxy) is 2. The largest absolute Gasteiger partial charge is 0.472 e. The normalized spacial score (nSPS) is 21.6. The van der Waals surface area contributed by atoms with E-state index < -0.39 is 91.2 Å². The molecule has 20 nitrogen and oxygen atoms in total. The van der Waals surface area contributed by atoms with Gasteiger partial charge in [0.1, 0.15) is 48.5 Å². The van der Waals surface area contributed by atoms with Crippen molar-refractivity contribution >= 4 is 41.2 Å². The van der Waals surface area contributed by atoms with Gasteiger partial charge in [-0.1, -0.05) is 149 Å². The van der Waals surface area contributed by atoms with Crippen molar-refractivity contribution in [2.24, 2.45) is 0 Å². The van der Waals surface area contributed by atoms with Crippen molar-refractivity contribution < 1.29 is 95.4 Å². The number of Topliss-reactive ketones (excluding diaryl/α,β-unsaturated/α-hetero) is 1. The number of unbranched alkanes of at least 4 members (excludes halogenated alkanes) is 22. The van der Waals surface area contributed by atoms with E-state index in [1.165, 1.54) is 44.9 Å². The number of aliphatic hydroxyl groups excluding tert-OH is 3. The maximum atomic E-state index is 13.1. The van der Waals surface area contributed by atoms with Gasteiger partial charge in [-0.15, -0.1) is 0 Å². The number of esters is 2. The number of hydrogen-bond acceptors (Lipinski definition) is 15. The van der Waals surface area contributed by atoms with Crippen LogP contribution < -0.4 is 0 Å². The highest BCUT2D eigenvalue weighted by atomic mass is 31.2. The average Bonchev–Trinajstić information content (AvgIpc) is 3.23. The topological polar surface area (TPSA) is 320 Å². The van der Waals surface area contributed by atoms with E-state index in [1.807, 2.05) is 6.92 Å². The van der Waals surface area contributed by atoms with E-state index in [-0.39, 0.29) is 13.0 Å². The van der Waals surface area contributed by atoms with Gasteiger partial charge in [-0.05, 0) is 25.7 Å². The lowest BCUT2D eigenvalue weighted by molar-refractivity contribution is -0.213. The minimum atomic E-state index is -5.61. The standard InChI is InChI=1S/C43H83O20P3/c1-3-5-6-7-8-9-10-11-14-17-20-23-26-30-36(45)60-35(32-37(46)58-31-27-24-21-18-15-12-13-16-19-22-25-29-34(44)28-4-2)33-59-66(56,57)63-41-38(47)39(48)42(61-64(50,51)52)43(40(41)49)62-65(53,54)55/h35,38-43,47-49H,3-33H2,1-2H3,(H,56,57)(H2,50,51,52)(H2,53,54,55)/t35-,38+,39-,40?,41?,42?,43+/m1/s1. The molecule has 8 atom stereocenters. The molecule has 0 bridgehead atoms. The number of carbonyl (C=O) groups is 3.